The predicted molar refractivity (Wildman–Crippen MR) is 116 cm³/mol. The third-order valence-electron chi connectivity index (χ3n) is 5.62. The lowest BCUT2D eigenvalue weighted by atomic mass is 9.72. The fraction of sp³-hybridized carbons (Fsp3) is 0.522. The van der Waals surface area contributed by atoms with Gasteiger partial charge in [0.25, 0.3) is 0 Å². The minimum Gasteiger partial charge on any atom is -0.496 e. The Morgan fingerprint density at radius 1 is 1.28 bits per heavy atom. The van der Waals surface area contributed by atoms with Gasteiger partial charge in [0.05, 0.1) is 18.2 Å². The number of aliphatic imine (C=N–C) groups is 1. The molecule has 0 aromatic heterocycles. The molecule has 0 bridgehead atoms. The molecule has 1 aromatic carbocycles. The van der Waals surface area contributed by atoms with Gasteiger partial charge >= 0.3 is 5.97 Å². The third-order valence-corrected chi connectivity index (χ3v) is 6.24. The number of ketones is 1. The molecule has 1 aliphatic carbocycles. The van der Waals surface area contributed by atoms with E-state index in [9.17, 15) is 9.59 Å². The van der Waals surface area contributed by atoms with Crippen LogP contribution >= 0.6 is 15.9 Å². The van der Waals surface area contributed by atoms with Crippen molar-refractivity contribution in [2.75, 3.05) is 13.7 Å². The summed E-state index contributed by atoms with van der Waals surface area (Å²) in [6, 6.07) is 5.72. The third kappa shape index (κ3) is 4.63. The summed E-state index contributed by atoms with van der Waals surface area (Å²) in [4.78, 5) is 30.6. The normalized spacial score (nSPS) is 21.5. The fourth-order valence-electron chi connectivity index (χ4n) is 4.16. The van der Waals surface area contributed by atoms with Gasteiger partial charge in [0.1, 0.15) is 11.7 Å². The molecule has 6 heteroatoms. The number of allylic oxidation sites excluding steroid dienone is 2. The number of carbonyl (C=O) groups is 2. The minimum atomic E-state index is -0.585. The molecule has 0 saturated carbocycles. The molecule has 1 aliphatic heterocycles. The first-order valence-electron chi connectivity index (χ1n) is 10.3. The van der Waals surface area contributed by atoms with Gasteiger partial charge in [-0.25, -0.2) is 0 Å². The van der Waals surface area contributed by atoms with E-state index in [2.05, 4.69) is 27.8 Å². The monoisotopic (exact) mass is 461 g/mol. The van der Waals surface area contributed by atoms with Crippen LogP contribution < -0.4 is 4.74 Å². The van der Waals surface area contributed by atoms with Gasteiger partial charge in [0, 0.05) is 29.3 Å². The summed E-state index contributed by atoms with van der Waals surface area (Å²) in [5.41, 5.74) is 3.11. The van der Waals surface area contributed by atoms with Crippen molar-refractivity contribution in [2.24, 2.45) is 10.9 Å². The number of rotatable bonds is 7. The van der Waals surface area contributed by atoms with Gasteiger partial charge in [-0.2, -0.15) is 0 Å². The van der Waals surface area contributed by atoms with Crippen LogP contribution in [0.4, 0.5) is 0 Å². The van der Waals surface area contributed by atoms with Gasteiger partial charge in [-0.3, -0.25) is 14.6 Å². The van der Waals surface area contributed by atoms with Gasteiger partial charge in [0.15, 0.2) is 5.78 Å². The zero-order valence-electron chi connectivity index (χ0n) is 17.3. The lowest BCUT2D eigenvalue weighted by molar-refractivity contribution is -0.146. The topological polar surface area (TPSA) is 65.0 Å². The molecule has 1 aromatic rings. The molecule has 2 aliphatic rings. The maximum Gasteiger partial charge on any atom is 0.315 e. The maximum atomic E-state index is 13.1. The zero-order valence-corrected chi connectivity index (χ0v) is 18.9. The molecule has 3 rings (SSSR count). The number of esters is 1. The van der Waals surface area contributed by atoms with Gasteiger partial charge < -0.3 is 9.47 Å². The molecule has 0 spiro atoms. The van der Waals surface area contributed by atoms with E-state index in [0.717, 1.165) is 53.5 Å². The highest BCUT2D eigenvalue weighted by Gasteiger charge is 2.43. The summed E-state index contributed by atoms with van der Waals surface area (Å²) in [6.07, 6.45) is 5.00. The Labute approximate surface area is 180 Å². The van der Waals surface area contributed by atoms with Crippen LogP contribution in [0.5, 0.6) is 5.75 Å². The van der Waals surface area contributed by atoms with Crippen LogP contribution in [-0.2, 0) is 14.3 Å². The van der Waals surface area contributed by atoms with Gasteiger partial charge in [-0.15, -0.1) is 0 Å². The second kappa shape index (κ2) is 9.70. The number of hydrogen-bond acceptors (Lipinski definition) is 5. The van der Waals surface area contributed by atoms with E-state index in [1.54, 1.807) is 7.11 Å². The molecule has 0 saturated heterocycles. The molecule has 1 heterocycles. The molecule has 0 amide bonds. The van der Waals surface area contributed by atoms with Crippen molar-refractivity contribution in [1.82, 2.24) is 0 Å². The highest BCUT2D eigenvalue weighted by molar-refractivity contribution is 9.10. The minimum absolute atomic E-state index is 0.0863. The van der Waals surface area contributed by atoms with E-state index in [-0.39, 0.29) is 17.7 Å². The molecule has 1 unspecified atom stereocenters. The highest BCUT2D eigenvalue weighted by Crippen LogP contribution is 2.44. The molecule has 0 N–H and O–H groups in total. The molecule has 29 heavy (non-hydrogen) atoms. The van der Waals surface area contributed by atoms with Crippen LogP contribution in [0.2, 0.25) is 0 Å². The lowest BCUT2D eigenvalue weighted by Gasteiger charge is -2.34. The molecule has 2 atom stereocenters. The number of unbranched alkanes of at least 4 members (excludes halogenated alkanes) is 2. The first kappa shape index (κ1) is 21.8. The standard InChI is InChI=1S/C23H28BrNO4/c1-4-5-6-12-29-23(27)20-14(2)25-17-8-7-9-18(26)22(17)21(20)15-10-11-19(28-3)16(24)13-15/h10-11,13,20-21H,4-9,12H2,1-3H3/t20?,21-/m1/s1. The molecule has 156 valence electrons. The molecular formula is C23H28BrNO4. The quantitative estimate of drug-likeness (QED) is 0.404. The fourth-order valence-corrected chi connectivity index (χ4v) is 4.72. The van der Waals surface area contributed by atoms with Crippen LogP contribution in [0.1, 0.15) is 63.9 Å². The van der Waals surface area contributed by atoms with Crippen molar-refractivity contribution in [3.8, 4) is 5.75 Å². The smallest absolute Gasteiger partial charge is 0.315 e. The Bertz CT molecular complexity index is 858. The SMILES string of the molecule is CCCCCOC(=O)C1C(C)=NC2=C(C(=O)CCC2)[C@@H]1c1ccc(OC)c(Br)c1. The molecule has 0 fully saturated rings. The lowest BCUT2D eigenvalue weighted by Crippen LogP contribution is -2.37. The second-order valence-corrected chi connectivity index (χ2v) is 8.47. The van der Waals surface area contributed by atoms with Crippen molar-refractivity contribution in [3.05, 3.63) is 39.5 Å². The maximum absolute atomic E-state index is 13.1. The van der Waals surface area contributed by atoms with Crippen molar-refractivity contribution < 1.29 is 19.1 Å². The van der Waals surface area contributed by atoms with Gasteiger partial charge in [0.2, 0.25) is 0 Å². The summed E-state index contributed by atoms with van der Waals surface area (Å²) in [6.45, 7) is 4.38. The number of methoxy groups -OCH3 is 1. The zero-order chi connectivity index (χ0) is 21.0. The predicted octanol–water partition coefficient (Wildman–Crippen LogP) is 5.37. The Kier molecular flexibility index (Phi) is 7.28. The molecule has 5 nitrogen and oxygen atoms in total. The number of halogens is 1. The molecular weight excluding hydrogens is 434 g/mol. The number of carbonyl (C=O) groups excluding carboxylic acids is 2. The largest absolute Gasteiger partial charge is 0.496 e. The Morgan fingerprint density at radius 2 is 2.07 bits per heavy atom. The number of Topliss-reactive ketones (excluding diaryl/α,β-unsaturated/α-hetero) is 1. The van der Waals surface area contributed by atoms with Gasteiger partial charge in [-0.1, -0.05) is 25.8 Å². The van der Waals surface area contributed by atoms with Crippen molar-refractivity contribution in [3.63, 3.8) is 0 Å². The van der Waals surface area contributed by atoms with E-state index in [1.165, 1.54) is 0 Å². The van der Waals surface area contributed by atoms with Crippen LogP contribution in [0, 0.1) is 5.92 Å². The van der Waals surface area contributed by atoms with Gasteiger partial charge in [-0.05, 0) is 59.8 Å². The van der Waals surface area contributed by atoms with E-state index >= 15 is 0 Å². The van der Waals surface area contributed by atoms with E-state index in [0.29, 0.717) is 24.4 Å². The van der Waals surface area contributed by atoms with Crippen molar-refractivity contribution in [2.45, 2.75) is 58.3 Å². The Balaban J connectivity index is 2.00. The Morgan fingerprint density at radius 3 is 2.76 bits per heavy atom. The van der Waals surface area contributed by atoms with Crippen molar-refractivity contribution in [1.29, 1.82) is 0 Å². The van der Waals surface area contributed by atoms with Crippen LogP contribution in [-0.4, -0.2) is 31.2 Å². The van der Waals surface area contributed by atoms with Crippen LogP contribution in [0.3, 0.4) is 0 Å². The van der Waals surface area contributed by atoms with Crippen LogP contribution in [0.25, 0.3) is 0 Å². The van der Waals surface area contributed by atoms with E-state index in [4.69, 9.17) is 9.47 Å². The first-order valence-corrected chi connectivity index (χ1v) is 11.1. The number of nitrogens with zero attached hydrogens (tertiary/aromatic N) is 1. The summed E-state index contributed by atoms with van der Waals surface area (Å²) < 4.78 is 11.7. The average Bonchev–Trinajstić information content (AvgIpc) is 2.70. The van der Waals surface area contributed by atoms with E-state index in [1.807, 2.05) is 25.1 Å². The number of benzene rings is 1. The molecule has 0 radical (unpaired) electrons. The number of ether oxygens (including phenoxy) is 2. The summed E-state index contributed by atoms with van der Waals surface area (Å²) >= 11 is 3.54. The Hall–Kier alpha value is -1.95. The van der Waals surface area contributed by atoms with E-state index < -0.39 is 5.92 Å². The average molecular weight is 462 g/mol. The van der Waals surface area contributed by atoms with Crippen LogP contribution in [0.15, 0.2) is 38.9 Å². The van der Waals surface area contributed by atoms with Crippen molar-refractivity contribution >= 4 is 33.4 Å². The summed E-state index contributed by atoms with van der Waals surface area (Å²) in [5, 5.41) is 0. The first-order chi connectivity index (χ1) is 14.0. The summed E-state index contributed by atoms with van der Waals surface area (Å²) in [7, 11) is 1.61. The highest BCUT2D eigenvalue weighted by atomic mass is 79.9. The number of hydrogen-bond donors (Lipinski definition) is 0. The summed E-state index contributed by atoms with van der Waals surface area (Å²) in [5.74, 6) is -0.473. The second-order valence-electron chi connectivity index (χ2n) is 7.61.